The number of rotatable bonds is 6. The van der Waals surface area contributed by atoms with Gasteiger partial charge in [0.05, 0.1) is 29.0 Å². The highest BCUT2D eigenvalue weighted by atomic mass is 35.5. The first kappa shape index (κ1) is 23.1. The number of H-pyrrole nitrogens is 1. The summed E-state index contributed by atoms with van der Waals surface area (Å²) in [4.78, 5) is 32.6. The first-order valence-corrected chi connectivity index (χ1v) is 11.0. The van der Waals surface area contributed by atoms with Gasteiger partial charge in [-0.15, -0.1) is 0 Å². The lowest BCUT2D eigenvalue weighted by molar-refractivity contribution is -0.123. The molecule has 4 rings (SSSR count). The van der Waals surface area contributed by atoms with Crippen LogP contribution >= 0.6 is 11.6 Å². The first-order valence-electron chi connectivity index (χ1n) is 10.6. The fourth-order valence-corrected chi connectivity index (χ4v) is 3.77. The zero-order valence-electron chi connectivity index (χ0n) is 18.7. The Labute approximate surface area is 201 Å². The van der Waals surface area contributed by atoms with E-state index in [9.17, 15) is 14.7 Å². The molecule has 1 aromatic heterocycles. The standard InChI is InChI=1S/C26H23ClN4O3/c1-16(32)28-15-23(33)31(2)20-11-9-19(10-12-20)29-25(17-6-4-3-5-7-17)24-21-13-8-18(27)14-22(21)30-26(24)34/h3-14,30,34H,15H2,1-2H3,(H,28,32). The van der Waals surface area contributed by atoms with Crippen LogP contribution in [0.2, 0.25) is 5.02 Å². The summed E-state index contributed by atoms with van der Waals surface area (Å²) in [6, 6.07) is 22.1. The Hall–Kier alpha value is -4.10. The Kier molecular flexibility index (Phi) is 6.65. The van der Waals surface area contributed by atoms with Crippen LogP contribution in [0.5, 0.6) is 5.88 Å². The van der Waals surface area contributed by atoms with Gasteiger partial charge in [-0.1, -0.05) is 48.0 Å². The number of aromatic amines is 1. The molecule has 0 fully saturated rings. The van der Waals surface area contributed by atoms with Crippen molar-refractivity contribution in [2.45, 2.75) is 6.92 Å². The number of carbonyl (C=O) groups is 2. The number of benzene rings is 3. The van der Waals surface area contributed by atoms with Gasteiger partial charge in [-0.25, -0.2) is 4.99 Å². The molecule has 0 radical (unpaired) electrons. The molecule has 0 bridgehead atoms. The number of aliphatic imine (C=N–C) groups is 1. The number of aromatic nitrogens is 1. The molecule has 0 unspecified atom stereocenters. The normalized spacial score (nSPS) is 11.4. The fraction of sp³-hybridized carbons (Fsp3) is 0.115. The van der Waals surface area contributed by atoms with Gasteiger partial charge in [0.2, 0.25) is 11.8 Å². The van der Waals surface area contributed by atoms with Crippen molar-refractivity contribution in [3.05, 3.63) is 88.9 Å². The molecule has 8 heteroatoms. The summed E-state index contributed by atoms with van der Waals surface area (Å²) in [6.07, 6.45) is 0. The van der Waals surface area contributed by atoms with E-state index in [1.807, 2.05) is 36.4 Å². The molecule has 0 atom stereocenters. The van der Waals surface area contributed by atoms with Crippen LogP contribution < -0.4 is 10.2 Å². The Bertz CT molecular complexity index is 1380. The average molecular weight is 475 g/mol. The quantitative estimate of drug-likeness (QED) is 0.350. The third-order valence-electron chi connectivity index (χ3n) is 5.37. The smallest absolute Gasteiger partial charge is 0.246 e. The molecule has 3 N–H and O–H groups in total. The Morgan fingerprint density at radius 3 is 2.44 bits per heavy atom. The van der Waals surface area contributed by atoms with E-state index in [2.05, 4.69) is 10.3 Å². The van der Waals surface area contributed by atoms with E-state index in [0.717, 1.165) is 10.9 Å². The predicted molar refractivity (Wildman–Crippen MR) is 135 cm³/mol. The van der Waals surface area contributed by atoms with Crippen molar-refractivity contribution < 1.29 is 14.7 Å². The molecule has 34 heavy (non-hydrogen) atoms. The molecule has 0 aliphatic carbocycles. The molecule has 0 spiro atoms. The van der Waals surface area contributed by atoms with Gasteiger partial charge in [-0.05, 0) is 36.4 Å². The van der Waals surface area contributed by atoms with E-state index in [4.69, 9.17) is 16.6 Å². The molecule has 7 nitrogen and oxygen atoms in total. The van der Waals surface area contributed by atoms with Crippen LogP contribution in [0.25, 0.3) is 10.9 Å². The summed E-state index contributed by atoms with van der Waals surface area (Å²) in [5.41, 5.74) is 4.02. The van der Waals surface area contributed by atoms with E-state index < -0.39 is 0 Å². The van der Waals surface area contributed by atoms with Gasteiger partial charge in [0.1, 0.15) is 0 Å². The summed E-state index contributed by atoms with van der Waals surface area (Å²) < 4.78 is 0. The summed E-state index contributed by atoms with van der Waals surface area (Å²) in [7, 11) is 1.65. The number of aromatic hydroxyl groups is 1. The second-order valence-electron chi connectivity index (χ2n) is 7.74. The molecule has 0 aliphatic heterocycles. The second kappa shape index (κ2) is 9.80. The van der Waals surface area contributed by atoms with Crippen LogP contribution in [0.15, 0.2) is 77.8 Å². The third kappa shape index (κ3) is 4.94. The summed E-state index contributed by atoms with van der Waals surface area (Å²) in [5.74, 6) is -0.499. The molecule has 3 aromatic carbocycles. The largest absolute Gasteiger partial charge is 0.494 e. The summed E-state index contributed by atoms with van der Waals surface area (Å²) in [5, 5.41) is 14.6. The second-order valence-corrected chi connectivity index (χ2v) is 8.18. The van der Waals surface area contributed by atoms with Gasteiger partial charge in [-0.3, -0.25) is 9.59 Å². The zero-order chi connectivity index (χ0) is 24.2. The van der Waals surface area contributed by atoms with Crippen molar-refractivity contribution >= 4 is 51.4 Å². The molecule has 0 saturated heterocycles. The maximum absolute atomic E-state index is 12.3. The number of anilines is 1. The van der Waals surface area contributed by atoms with Gasteiger partial charge in [0.15, 0.2) is 5.88 Å². The number of halogens is 1. The lowest BCUT2D eigenvalue weighted by Gasteiger charge is -2.17. The number of nitrogens with one attached hydrogen (secondary N) is 2. The molecular formula is C26H23ClN4O3. The van der Waals surface area contributed by atoms with Gasteiger partial charge >= 0.3 is 0 Å². The van der Waals surface area contributed by atoms with Crippen LogP contribution in [0, 0.1) is 0 Å². The van der Waals surface area contributed by atoms with Crippen LogP contribution in [-0.4, -0.2) is 41.2 Å². The predicted octanol–water partition coefficient (Wildman–Crippen LogP) is 4.79. The minimum Gasteiger partial charge on any atom is -0.494 e. The summed E-state index contributed by atoms with van der Waals surface area (Å²) in [6.45, 7) is 1.29. The molecule has 172 valence electrons. The van der Waals surface area contributed by atoms with Gasteiger partial charge in [0, 0.05) is 35.6 Å². The minimum atomic E-state index is -0.261. The fourth-order valence-electron chi connectivity index (χ4n) is 3.60. The van der Waals surface area contributed by atoms with Gasteiger partial charge in [0.25, 0.3) is 0 Å². The van der Waals surface area contributed by atoms with E-state index >= 15 is 0 Å². The molecule has 4 aromatic rings. The van der Waals surface area contributed by atoms with Gasteiger partial charge < -0.3 is 20.3 Å². The van der Waals surface area contributed by atoms with Gasteiger partial charge in [-0.2, -0.15) is 0 Å². The molecule has 2 amide bonds. The number of carbonyl (C=O) groups excluding carboxylic acids is 2. The van der Waals surface area contributed by atoms with Crippen LogP contribution in [0.1, 0.15) is 18.1 Å². The lowest BCUT2D eigenvalue weighted by atomic mass is 10.0. The van der Waals surface area contributed by atoms with Crippen molar-refractivity contribution in [1.82, 2.24) is 10.3 Å². The Morgan fingerprint density at radius 1 is 1.06 bits per heavy atom. The van der Waals surface area contributed by atoms with E-state index in [1.54, 1.807) is 43.4 Å². The highest BCUT2D eigenvalue weighted by Crippen LogP contribution is 2.33. The molecule has 0 saturated carbocycles. The number of likely N-dealkylation sites (N-methyl/N-ethyl adjacent to an activating group) is 1. The molecule has 0 aliphatic rings. The van der Waals surface area contributed by atoms with Crippen molar-refractivity contribution in [3.63, 3.8) is 0 Å². The monoisotopic (exact) mass is 474 g/mol. The zero-order valence-corrected chi connectivity index (χ0v) is 19.4. The first-order chi connectivity index (χ1) is 16.3. The molecule has 1 heterocycles. The number of nitrogens with zero attached hydrogens (tertiary/aromatic N) is 2. The van der Waals surface area contributed by atoms with Crippen molar-refractivity contribution in [3.8, 4) is 5.88 Å². The lowest BCUT2D eigenvalue weighted by Crippen LogP contribution is -2.37. The van der Waals surface area contributed by atoms with E-state index in [0.29, 0.717) is 33.2 Å². The van der Waals surface area contributed by atoms with Crippen LogP contribution in [0.4, 0.5) is 11.4 Å². The Morgan fingerprint density at radius 2 is 1.76 bits per heavy atom. The third-order valence-corrected chi connectivity index (χ3v) is 5.60. The topological polar surface area (TPSA) is 97.8 Å². The SMILES string of the molecule is CC(=O)NCC(=O)N(C)c1ccc(N=C(c2ccccc2)c2c(O)[nH]c3cc(Cl)ccc23)cc1. The van der Waals surface area contributed by atoms with Crippen LogP contribution in [0.3, 0.4) is 0 Å². The van der Waals surface area contributed by atoms with Crippen molar-refractivity contribution in [2.24, 2.45) is 4.99 Å². The highest BCUT2D eigenvalue weighted by molar-refractivity contribution is 6.31. The number of hydrogen-bond donors (Lipinski definition) is 3. The molecular weight excluding hydrogens is 452 g/mol. The maximum Gasteiger partial charge on any atom is 0.246 e. The minimum absolute atomic E-state index is 0.000193. The highest BCUT2D eigenvalue weighted by Gasteiger charge is 2.19. The van der Waals surface area contributed by atoms with Crippen molar-refractivity contribution in [2.75, 3.05) is 18.5 Å². The van der Waals surface area contributed by atoms with Crippen LogP contribution in [-0.2, 0) is 9.59 Å². The number of amides is 2. The summed E-state index contributed by atoms with van der Waals surface area (Å²) >= 11 is 6.12. The average Bonchev–Trinajstić information content (AvgIpc) is 3.15. The number of fused-ring (bicyclic) bond motifs is 1. The van der Waals surface area contributed by atoms with E-state index in [-0.39, 0.29) is 24.2 Å². The maximum atomic E-state index is 12.3. The van der Waals surface area contributed by atoms with Crippen molar-refractivity contribution in [1.29, 1.82) is 0 Å². The van der Waals surface area contributed by atoms with E-state index in [1.165, 1.54) is 11.8 Å². The Balaban J connectivity index is 1.72. The number of hydrogen-bond acceptors (Lipinski definition) is 4.